The molecule has 0 aliphatic carbocycles. The van der Waals surface area contributed by atoms with E-state index in [1.165, 1.54) is 25.9 Å². The third-order valence-corrected chi connectivity index (χ3v) is 2.33. The zero-order valence-electron chi connectivity index (χ0n) is 9.77. The molecule has 1 unspecified atom stereocenters. The van der Waals surface area contributed by atoms with Crippen LogP contribution in [0.25, 0.3) is 0 Å². The summed E-state index contributed by atoms with van der Waals surface area (Å²) < 4.78 is 0. The molecule has 13 heavy (non-hydrogen) atoms. The Hall–Kier alpha value is -0.0800. The van der Waals surface area contributed by atoms with Crippen LogP contribution in [0.2, 0.25) is 0 Å². The van der Waals surface area contributed by atoms with Crippen molar-refractivity contribution in [2.45, 2.75) is 46.6 Å². The summed E-state index contributed by atoms with van der Waals surface area (Å²) in [6.45, 7) is 13.7. The summed E-state index contributed by atoms with van der Waals surface area (Å²) in [5.41, 5.74) is 0. The van der Waals surface area contributed by atoms with E-state index in [0.29, 0.717) is 6.04 Å². The van der Waals surface area contributed by atoms with Crippen LogP contribution in [0.1, 0.15) is 40.5 Å². The highest BCUT2D eigenvalue weighted by atomic mass is 15.2. The maximum Gasteiger partial charge on any atom is 0.0192 e. The van der Waals surface area contributed by atoms with Crippen LogP contribution in [-0.4, -0.2) is 37.1 Å². The highest BCUT2D eigenvalue weighted by molar-refractivity contribution is 4.68. The Morgan fingerprint density at radius 3 is 2.00 bits per heavy atom. The molecule has 0 saturated carbocycles. The normalized spacial score (nSPS) is 13.6. The van der Waals surface area contributed by atoms with Crippen LogP contribution in [-0.2, 0) is 0 Å². The van der Waals surface area contributed by atoms with Gasteiger partial charge in [-0.3, -0.25) is 4.90 Å². The second-order valence-corrected chi connectivity index (χ2v) is 3.69. The van der Waals surface area contributed by atoms with Gasteiger partial charge in [0.1, 0.15) is 0 Å². The van der Waals surface area contributed by atoms with Crippen LogP contribution in [0.4, 0.5) is 0 Å². The Morgan fingerprint density at radius 2 is 1.62 bits per heavy atom. The largest absolute Gasteiger partial charge is 0.315 e. The topological polar surface area (TPSA) is 15.3 Å². The van der Waals surface area contributed by atoms with Gasteiger partial charge in [0, 0.05) is 12.6 Å². The van der Waals surface area contributed by atoms with Gasteiger partial charge in [-0.2, -0.15) is 0 Å². The molecule has 0 aromatic rings. The van der Waals surface area contributed by atoms with E-state index in [2.05, 4.69) is 37.9 Å². The lowest BCUT2D eigenvalue weighted by Gasteiger charge is -2.28. The van der Waals surface area contributed by atoms with Crippen molar-refractivity contribution < 1.29 is 0 Å². The third kappa shape index (κ3) is 6.05. The van der Waals surface area contributed by atoms with Crippen molar-refractivity contribution in [1.82, 2.24) is 10.2 Å². The number of nitrogens with one attached hydrogen (secondary N) is 1. The third-order valence-electron chi connectivity index (χ3n) is 2.33. The fourth-order valence-corrected chi connectivity index (χ4v) is 1.61. The van der Waals surface area contributed by atoms with Crippen molar-refractivity contribution in [2.24, 2.45) is 0 Å². The Morgan fingerprint density at radius 1 is 1.08 bits per heavy atom. The first-order chi connectivity index (χ1) is 6.26. The van der Waals surface area contributed by atoms with E-state index in [9.17, 15) is 0 Å². The summed E-state index contributed by atoms with van der Waals surface area (Å²) in [7, 11) is 0. The molecule has 1 N–H and O–H groups in total. The zero-order valence-corrected chi connectivity index (χ0v) is 9.77. The molecule has 0 aliphatic rings. The fraction of sp³-hybridized carbons (Fsp3) is 1.00. The number of hydrogen-bond donors (Lipinski definition) is 1. The summed E-state index contributed by atoms with van der Waals surface area (Å²) in [5, 5.41) is 3.40. The van der Waals surface area contributed by atoms with Gasteiger partial charge in [0.25, 0.3) is 0 Å². The molecule has 0 bridgehead atoms. The molecular weight excluding hydrogens is 160 g/mol. The van der Waals surface area contributed by atoms with Gasteiger partial charge >= 0.3 is 0 Å². The average molecular weight is 186 g/mol. The van der Waals surface area contributed by atoms with Crippen molar-refractivity contribution in [1.29, 1.82) is 0 Å². The zero-order chi connectivity index (χ0) is 10.1. The molecule has 0 aliphatic heterocycles. The molecule has 80 valence electrons. The van der Waals surface area contributed by atoms with Gasteiger partial charge in [-0.1, -0.05) is 20.8 Å². The number of nitrogens with zero attached hydrogens (tertiary/aromatic N) is 1. The molecule has 0 aromatic carbocycles. The van der Waals surface area contributed by atoms with Crippen molar-refractivity contribution >= 4 is 0 Å². The second-order valence-electron chi connectivity index (χ2n) is 3.69. The average Bonchev–Trinajstić information content (AvgIpc) is 2.14. The van der Waals surface area contributed by atoms with Gasteiger partial charge in [-0.05, 0) is 39.4 Å². The standard InChI is InChI=1S/C11H26N2/c1-5-8-13(9-6-2)11(4)10-12-7-3/h11-12H,5-10H2,1-4H3. The molecule has 0 amide bonds. The maximum atomic E-state index is 3.40. The molecule has 0 saturated heterocycles. The second kappa shape index (κ2) is 8.52. The number of hydrogen-bond acceptors (Lipinski definition) is 2. The lowest BCUT2D eigenvalue weighted by Crippen LogP contribution is -2.41. The van der Waals surface area contributed by atoms with E-state index < -0.39 is 0 Å². The SMILES string of the molecule is CCCN(CCC)C(C)CNCC. The van der Waals surface area contributed by atoms with Crippen LogP contribution in [0.5, 0.6) is 0 Å². The molecule has 0 radical (unpaired) electrons. The predicted octanol–water partition coefficient (Wildman–Crippen LogP) is 2.11. The Balaban J connectivity index is 3.72. The van der Waals surface area contributed by atoms with E-state index in [1.807, 2.05) is 0 Å². The molecule has 0 spiro atoms. The van der Waals surface area contributed by atoms with Crippen molar-refractivity contribution in [3.63, 3.8) is 0 Å². The molecule has 0 fully saturated rings. The van der Waals surface area contributed by atoms with Gasteiger partial charge in [-0.25, -0.2) is 0 Å². The van der Waals surface area contributed by atoms with Crippen LogP contribution >= 0.6 is 0 Å². The smallest absolute Gasteiger partial charge is 0.0192 e. The van der Waals surface area contributed by atoms with Gasteiger partial charge in [0.2, 0.25) is 0 Å². The van der Waals surface area contributed by atoms with Gasteiger partial charge in [0.05, 0.1) is 0 Å². The van der Waals surface area contributed by atoms with E-state index in [0.717, 1.165) is 13.1 Å². The predicted molar refractivity (Wildman–Crippen MR) is 60.2 cm³/mol. The number of likely N-dealkylation sites (N-methyl/N-ethyl adjacent to an activating group) is 1. The fourth-order valence-electron chi connectivity index (χ4n) is 1.61. The first-order valence-electron chi connectivity index (χ1n) is 5.70. The van der Waals surface area contributed by atoms with E-state index >= 15 is 0 Å². The highest BCUT2D eigenvalue weighted by Gasteiger charge is 2.10. The van der Waals surface area contributed by atoms with E-state index in [4.69, 9.17) is 0 Å². The molecule has 2 nitrogen and oxygen atoms in total. The molecular formula is C11H26N2. The van der Waals surface area contributed by atoms with Crippen molar-refractivity contribution in [3.8, 4) is 0 Å². The Labute approximate surface area is 83.7 Å². The highest BCUT2D eigenvalue weighted by Crippen LogP contribution is 2.00. The van der Waals surface area contributed by atoms with Crippen LogP contribution in [0, 0.1) is 0 Å². The van der Waals surface area contributed by atoms with Crippen molar-refractivity contribution in [3.05, 3.63) is 0 Å². The van der Waals surface area contributed by atoms with E-state index in [1.54, 1.807) is 0 Å². The molecule has 0 rings (SSSR count). The minimum absolute atomic E-state index is 0.680. The first kappa shape index (κ1) is 12.9. The maximum absolute atomic E-state index is 3.40. The summed E-state index contributed by atoms with van der Waals surface area (Å²) in [4.78, 5) is 2.57. The molecule has 2 heteroatoms. The van der Waals surface area contributed by atoms with E-state index in [-0.39, 0.29) is 0 Å². The van der Waals surface area contributed by atoms with Gasteiger partial charge < -0.3 is 5.32 Å². The summed E-state index contributed by atoms with van der Waals surface area (Å²) in [5.74, 6) is 0. The lowest BCUT2D eigenvalue weighted by atomic mass is 10.2. The van der Waals surface area contributed by atoms with Crippen molar-refractivity contribution in [2.75, 3.05) is 26.2 Å². The Kier molecular flexibility index (Phi) is 8.46. The number of rotatable bonds is 8. The summed E-state index contributed by atoms with van der Waals surface area (Å²) >= 11 is 0. The Bertz CT molecular complexity index is 98.3. The quantitative estimate of drug-likeness (QED) is 0.624. The molecule has 1 atom stereocenters. The molecule has 0 heterocycles. The van der Waals surface area contributed by atoms with Gasteiger partial charge in [-0.15, -0.1) is 0 Å². The van der Waals surface area contributed by atoms with Crippen LogP contribution < -0.4 is 5.32 Å². The monoisotopic (exact) mass is 186 g/mol. The lowest BCUT2D eigenvalue weighted by molar-refractivity contribution is 0.205. The summed E-state index contributed by atoms with van der Waals surface area (Å²) in [6.07, 6.45) is 2.52. The van der Waals surface area contributed by atoms with Crippen LogP contribution in [0.15, 0.2) is 0 Å². The van der Waals surface area contributed by atoms with Gasteiger partial charge in [0.15, 0.2) is 0 Å². The summed E-state index contributed by atoms with van der Waals surface area (Å²) in [6, 6.07) is 0.680. The molecule has 0 aromatic heterocycles. The van der Waals surface area contributed by atoms with Crippen LogP contribution in [0.3, 0.4) is 0 Å². The first-order valence-corrected chi connectivity index (χ1v) is 5.70. The minimum atomic E-state index is 0.680. The minimum Gasteiger partial charge on any atom is -0.315 e.